The molecule has 0 amide bonds. The van der Waals surface area contributed by atoms with Crippen molar-refractivity contribution >= 4 is 0 Å². The number of likely N-dealkylation sites (tertiary alicyclic amines) is 1. The number of hydrogen-bond donors (Lipinski definition) is 2. The fourth-order valence-corrected chi connectivity index (χ4v) is 2.24. The first-order valence-corrected chi connectivity index (χ1v) is 5.81. The van der Waals surface area contributed by atoms with E-state index in [1.165, 1.54) is 5.56 Å². The van der Waals surface area contributed by atoms with Crippen molar-refractivity contribution in [1.29, 1.82) is 0 Å². The van der Waals surface area contributed by atoms with Crippen molar-refractivity contribution < 1.29 is 10.2 Å². The van der Waals surface area contributed by atoms with E-state index in [2.05, 4.69) is 24.0 Å². The molecule has 3 unspecified atom stereocenters. The molecule has 1 aromatic carbocycles. The minimum absolute atomic E-state index is 0.318. The van der Waals surface area contributed by atoms with Crippen molar-refractivity contribution in [2.24, 2.45) is 0 Å². The zero-order valence-corrected chi connectivity index (χ0v) is 9.58. The molecule has 0 spiro atoms. The molecule has 1 saturated heterocycles. The molecule has 3 heteroatoms. The summed E-state index contributed by atoms with van der Waals surface area (Å²) < 4.78 is 0. The number of nitrogens with zero attached hydrogens (tertiary/aromatic N) is 1. The lowest BCUT2D eigenvalue weighted by atomic mass is 9.98. The number of β-amino-alcohol motifs (C(OH)–C–C–N with tert-alkyl or cyclic N) is 1. The molecule has 0 radical (unpaired) electrons. The van der Waals surface area contributed by atoms with Crippen LogP contribution < -0.4 is 0 Å². The molecule has 0 saturated carbocycles. The highest BCUT2D eigenvalue weighted by molar-refractivity contribution is 5.14. The summed E-state index contributed by atoms with van der Waals surface area (Å²) in [6, 6.07) is 10.5. The van der Waals surface area contributed by atoms with Gasteiger partial charge in [0.15, 0.2) is 0 Å². The third-order valence-corrected chi connectivity index (χ3v) is 3.30. The largest absolute Gasteiger partial charge is 0.390 e. The highest BCUT2D eigenvalue weighted by Crippen LogP contribution is 2.19. The predicted octanol–water partition coefficient (Wildman–Crippen LogP) is 1.00. The van der Waals surface area contributed by atoms with Gasteiger partial charge in [0, 0.05) is 19.1 Å². The van der Waals surface area contributed by atoms with Gasteiger partial charge in [-0.1, -0.05) is 30.3 Å². The van der Waals surface area contributed by atoms with E-state index < -0.39 is 12.2 Å². The maximum atomic E-state index is 9.65. The zero-order chi connectivity index (χ0) is 11.5. The summed E-state index contributed by atoms with van der Waals surface area (Å²) in [5, 5.41) is 19.2. The van der Waals surface area contributed by atoms with E-state index in [4.69, 9.17) is 0 Å². The van der Waals surface area contributed by atoms with Crippen molar-refractivity contribution in [3.05, 3.63) is 35.9 Å². The SMILES string of the molecule is CC1CC(O)C(O)CN1Cc1ccccc1. The first kappa shape index (κ1) is 11.6. The Morgan fingerprint density at radius 1 is 1.19 bits per heavy atom. The highest BCUT2D eigenvalue weighted by Gasteiger charge is 2.30. The van der Waals surface area contributed by atoms with E-state index in [9.17, 15) is 10.2 Å². The number of aliphatic hydroxyl groups is 2. The van der Waals surface area contributed by atoms with Crippen LogP contribution in [0.5, 0.6) is 0 Å². The zero-order valence-electron chi connectivity index (χ0n) is 9.58. The molecule has 3 atom stereocenters. The first-order chi connectivity index (χ1) is 7.66. The molecular formula is C13H19NO2. The molecule has 2 rings (SSSR count). The second kappa shape index (κ2) is 4.95. The number of rotatable bonds is 2. The van der Waals surface area contributed by atoms with Crippen LogP contribution in [0.1, 0.15) is 18.9 Å². The topological polar surface area (TPSA) is 43.7 Å². The van der Waals surface area contributed by atoms with Gasteiger partial charge in [0.25, 0.3) is 0 Å². The third kappa shape index (κ3) is 2.61. The Kier molecular flexibility index (Phi) is 3.59. The normalized spacial score (nSPS) is 31.6. The van der Waals surface area contributed by atoms with Crippen LogP contribution in [-0.4, -0.2) is 39.9 Å². The Balaban J connectivity index is 2.00. The molecule has 1 heterocycles. The lowest BCUT2D eigenvalue weighted by Gasteiger charge is -2.38. The Morgan fingerprint density at radius 3 is 2.56 bits per heavy atom. The van der Waals surface area contributed by atoms with E-state index >= 15 is 0 Å². The van der Waals surface area contributed by atoms with Crippen LogP contribution in [0.25, 0.3) is 0 Å². The summed E-state index contributed by atoms with van der Waals surface area (Å²) in [4.78, 5) is 2.22. The molecule has 0 aliphatic carbocycles. The molecule has 1 fully saturated rings. The van der Waals surface area contributed by atoms with Gasteiger partial charge in [0.05, 0.1) is 12.2 Å². The number of aliphatic hydroxyl groups excluding tert-OH is 2. The van der Waals surface area contributed by atoms with Gasteiger partial charge in [-0.15, -0.1) is 0 Å². The van der Waals surface area contributed by atoms with E-state index in [1.807, 2.05) is 18.2 Å². The van der Waals surface area contributed by atoms with Crippen LogP contribution >= 0.6 is 0 Å². The van der Waals surface area contributed by atoms with Crippen molar-refractivity contribution in [1.82, 2.24) is 4.90 Å². The minimum atomic E-state index is -0.611. The smallest absolute Gasteiger partial charge is 0.0926 e. The Morgan fingerprint density at radius 2 is 1.88 bits per heavy atom. The van der Waals surface area contributed by atoms with Gasteiger partial charge < -0.3 is 10.2 Å². The molecule has 88 valence electrons. The maximum Gasteiger partial charge on any atom is 0.0926 e. The molecule has 1 aliphatic heterocycles. The third-order valence-electron chi connectivity index (χ3n) is 3.30. The van der Waals surface area contributed by atoms with Gasteiger partial charge in [-0.2, -0.15) is 0 Å². The van der Waals surface area contributed by atoms with Crippen molar-refractivity contribution in [2.75, 3.05) is 6.54 Å². The van der Waals surface area contributed by atoms with Gasteiger partial charge in [-0.05, 0) is 18.9 Å². The van der Waals surface area contributed by atoms with Crippen LogP contribution in [0, 0.1) is 0 Å². The predicted molar refractivity (Wildman–Crippen MR) is 62.9 cm³/mol. The van der Waals surface area contributed by atoms with Gasteiger partial charge in [-0.25, -0.2) is 0 Å². The summed E-state index contributed by atoms with van der Waals surface area (Å²) in [5.74, 6) is 0. The van der Waals surface area contributed by atoms with E-state index in [1.54, 1.807) is 0 Å². The molecule has 1 aliphatic rings. The molecular weight excluding hydrogens is 202 g/mol. The molecule has 0 aromatic heterocycles. The van der Waals surface area contributed by atoms with E-state index in [-0.39, 0.29) is 0 Å². The maximum absolute atomic E-state index is 9.65. The van der Waals surface area contributed by atoms with Crippen LogP contribution in [0.2, 0.25) is 0 Å². The molecule has 16 heavy (non-hydrogen) atoms. The molecule has 0 bridgehead atoms. The molecule has 3 nitrogen and oxygen atoms in total. The number of benzene rings is 1. The standard InChI is InChI=1S/C13H19NO2/c1-10-7-12(15)13(16)9-14(10)8-11-5-3-2-4-6-11/h2-6,10,12-13,15-16H,7-9H2,1H3. The summed E-state index contributed by atoms with van der Waals surface area (Å²) in [6.07, 6.45) is -0.532. The average Bonchev–Trinajstić information content (AvgIpc) is 2.27. The summed E-state index contributed by atoms with van der Waals surface area (Å²) in [6.45, 7) is 3.49. The first-order valence-electron chi connectivity index (χ1n) is 5.81. The van der Waals surface area contributed by atoms with Crippen LogP contribution in [-0.2, 0) is 6.54 Å². The Bertz CT molecular complexity index is 328. The van der Waals surface area contributed by atoms with Gasteiger partial charge in [0.1, 0.15) is 0 Å². The van der Waals surface area contributed by atoms with Crippen LogP contribution in [0.15, 0.2) is 30.3 Å². The highest BCUT2D eigenvalue weighted by atomic mass is 16.3. The molecule has 1 aromatic rings. The second-order valence-electron chi connectivity index (χ2n) is 4.63. The monoisotopic (exact) mass is 221 g/mol. The van der Waals surface area contributed by atoms with E-state index in [0.717, 1.165) is 6.54 Å². The number of hydrogen-bond acceptors (Lipinski definition) is 3. The minimum Gasteiger partial charge on any atom is -0.390 e. The summed E-state index contributed by atoms with van der Waals surface area (Å²) >= 11 is 0. The van der Waals surface area contributed by atoms with E-state index in [0.29, 0.717) is 19.0 Å². The second-order valence-corrected chi connectivity index (χ2v) is 4.63. The molecule has 2 N–H and O–H groups in total. The van der Waals surface area contributed by atoms with Crippen LogP contribution in [0.3, 0.4) is 0 Å². The van der Waals surface area contributed by atoms with Gasteiger partial charge >= 0.3 is 0 Å². The van der Waals surface area contributed by atoms with Gasteiger partial charge in [-0.3, -0.25) is 4.90 Å². The van der Waals surface area contributed by atoms with Crippen LogP contribution in [0.4, 0.5) is 0 Å². The lowest BCUT2D eigenvalue weighted by Crippen LogP contribution is -2.50. The average molecular weight is 221 g/mol. The quantitative estimate of drug-likeness (QED) is 0.783. The Labute approximate surface area is 96.3 Å². The summed E-state index contributed by atoms with van der Waals surface area (Å²) in [7, 11) is 0. The fraction of sp³-hybridized carbons (Fsp3) is 0.538. The Hall–Kier alpha value is -0.900. The van der Waals surface area contributed by atoms with Gasteiger partial charge in [0.2, 0.25) is 0 Å². The number of piperidine rings is 1. The fourth-order valence-electron chi connectivity index (χ4n) is 2.24. The lowest BCUT2D eigenvalue weighted by molar-refractivity contribution is -0.0602. The van der Waals surface area contributed by atoms with Crippen molar-refractivity contribution in [3.63, 3.8) is 0 Å². The summed E-state index contributed by atoms with van der Waals surface area (Å²) in [5.41, 5.74) is 1.25. The van der Waals surface area contributed by atoms with Crippen molar-refractivity contribution in [3.8, 4) is 0 Å². The van der Waals surface area contributed by atoms with Crippen molar-refractivity contribution in [2.45, 2.75) is 38.1 Å².